The molecule has 0 aliphatic carbocycles. The van der Waals surface area contributed by atoms with Crippen molar-refractivity contribution in [3.8, 4) is 0 Å². The topological polar surface area (TPSA) is 64.3 Å². The van der Waals surface area contributed by atoms with Crippen molar-refractivity contribution < 1.29 is 4.79 Å². The molecular formula is C19H27N5O. The molecule has 2 aromatic rings. The number of hydrogen-bond donors (Lipinski definition) is 2. The number of carbonyl (C=O) groups excluding carboxylic acids is 1. The van der Waals surface area contributed by atoms with Crippen molar-refractivity contribution in [2.75, 3.05) is 27.2 Å². The van der Waals surface area contributed by atoms with Crippen molar-refractivity contribution in [2.45, 2.75) is 33.0 Å². The van der Waals surface area contributed by atoms with Gasteiger partial charge in [-0.25, -0.2) is 0 Å². The van der Waals surface area contributed by atoms with Crippen LogP contribution in [0.15, 0.2) is 24.3 Å². The third kappa shape index (κ3) is 4.08. The predicted molar refractivity (Wildman–Crippen MR) is 98.2 cm³/mol. The van der Waals surface area contributed by atoms with E-state index in [1.807, 2.05) is 11.8 Å². The minimum Gasteiger partial charge on any atom is -0.333 e. The number of amides is 1. The van der Waals surface area contributed by atoms with E-state index in [1.165, 1.54) is 5.56 Å². The van der Waals surface area contributed by atoms with Gasteiger partial charge < -0.3 is 15.1 Å². The number of fused-ring (bicyclic) bond motifs is 1. The van der Waals surface area contributed by atoms with Crippen LogP contribution < -0.4 is 5.32 Å². The van der Waals surface area contributed by atoms with Crippen LogP contribution in [0.5, 0.6) is 0 Å². The summed E-state index contributed by atoms with van der Waals surface area (Å²) in [7, 11) is 4.12. The first-order valence-corrected chi connectivity index (χ1v) is 8.87. The Morgan fingerprint density at radius 3 is 2.48 bits per heavy atom. The SMILES string of the molecule is CCN(Cc1ccc(CN(C)C)cc1)C(=O)c1n[nH]c2c1CNCC2. The average Bonchev–Trinajstić information content (AvgIpc) is 3.04. The van der Waals surface area contributed by atoms with Crippen LogP contribution in [0.25, 0.3) is 0 Å². The molecule has 6 nitrogen and oxygen atoms in total. The average molecular weight is 341 g/mol. The number of aromatic amines is 1. The molecule has 25 heavy (non-hydrogen) atoms. The summed E-state index contributed by atoms with van der Waals surface area (Å²) in [4.78, 5) is 16.9. The molecule has 0 atom stereocenters. The van der Waals surface area contributed by atoms with Crippen LogP contribution in [0, 0.1) is 0 Å². The highest BCUT2D eigenvalue weighted by molar-refractivity contribution is 5.94. The Kier molecular flexibility index (Phi) is 5.50. The number of nitrogens with one attached hydrogen (secondary N) is 2. The zero-order chi connectivity index (χ0) is 17.8. The second-order valence-electron chi connectivity index (χ2n) is 6.83. The largest absolute Gasteiger partial charge is 0.333 e. The molecule has 0 fully saturated rings. The molecule has 1 aliphatic rings. The van der Waals surface area contributed by atoms with Crippen molar-refractivity contribution >= 4 is 5.91 Å². The first-order valence-electron chi connectivity index (χ1n) is 8.87. The molecule has 0 saturated heterocycles. The standard InChI is InChI=1S/C19H27N5O/c1-4-24(13-15-7-5-14(6-8-15)12-23(2)3)19(25)18-16-11-20-10-9-17(16)21-22-18/h5-8,20H,4,9-13H2,1-3H3,(H,21,22). The van der Waals surface area contributed by atoms with Crippen molar-refractivity contribution in [1.82, 2.24) is 25.3 Å². The van der Waals surface area contributed by atoms with Crippen LogP contribution in [0.1, 0.15) is 39.8 Å². The van der Waals surface area contributed by atoms with Gasteiger partial charge in [0.2, 0.25) is 0 Å². The van der Waals surface area contributed by atoms with Crippen LogP contribution in [0.3, 0.4) is 0 Å². The lowest BCUT2D eigenvalue weighted by atomic mass is 10.1. The zero-order valence-corrected chi connectivity index (χ0v) is 15.3. The summed E-state index contributed by atoms with van der Waals surface area (Å²) in [6, 6.07) is 8.48. The van der Waals surface area contributed by atoms with Gasteiger partial charge in [-0.2, -0.15) is 5.10 Å². The normalized spacial score (nSPS) is 13.8. The van der Waals surface area contributed by atoms with Crippen molar-refractivity contribution in [2.24, 2.45) is 0 Å². The van der Waals surface area contributed by atoms with Gasteiger partial charge in [-0.3, -0.25) is 9.89 Å². The fourth-order valence-corrected chi connectivity index (χ4v) is 3.21. The lowest BCUT2D eigenvalue weighted by Crippen LogP contribution is -2.32. The maximum Gasteiger partial charge on any atom is 0.274 e. The van der Waals surface area contributed by atoms with Gasteiger partial charge in [-0.1, -0.05) is 24.3 Å². The Morgan fingerprint density at radius 1 is 1.16 bits per heavy atom. The summed E-state index contributed by atoms with van der Waals surface area (Å²) in [6.07, 6.45) is 0.898. The fourth-order valence-electron chi connectivity index (χ4n) is 3.21. The number of hydrogen-bond acceptors (Lipinski definition) is 4. The highest BCUT2D eigenvalue weighted by atomic mass is 16.2. The Balaban J connectivity index is 1.72. The molecular weight excluding hydrogens is 314 g/mol. The Bertz CT molecular complexity index is 720. The smallest absolute Gasteiger partial charge is 0.274 e. The van der Waals surface area contributed by atoms with Crippen LogP contribution in [-0.2, 0) is 26.1 Å². The maximum absolute atomic E-state index is 12.9. The molecule has 1 amide bonds. The summed E-state index contributed by atoms with van der Waals surface area (Å²) in [5, 5.41) is 10.6. The number of benzene rings is 1. The third-order valence-electron chi connectivity index (χ3n) is 4.57. The third-order valence-corrected chi connectivity index (χ3v) is 4.57. The number of carbonyl (C=O) groups is 1. The number of nitrogens with zero attached hydrogens (tertiary/aromatic N) is 3. The number of H-pyrrole nitrogens is 1. The quantitative estimate of drug-likeness (QED) is 0.841. The van der Waals surface area contributed by atoms with E-state index in [1.54, 1.807) is 0 Å². The second kappa shape index (κ2) is 7.80. The molecule has 0 radical (unpaired) electrons. The molecule has 0 unspecified atom stereocenters. The van der Waals surface area contributed by atoms with Gasteiger partial charge in [-0.05, 0) is 32.1 Å². The molecule has 1 aromatic carbocycles. The van der Waals surface area contributed by atoms with E-state index in [0.717, 1.165) is 36.3 Å². The molecule has 0 bridgehead atoms. The molecule has 0 spiro atoms. The Morgan fingerprint density at radius 2 is 1.84 bits per heavy atom. The minimum atomic E-state index is 0.000989. The zero-order valence-electron chi connectivity index (χ0n) is 15.3. The molecule has 2 N–H and O–H groups in total. The molecule has 134 valence electrons. The van der Waals surface area contributed by atoms with Gasteiger partial charge >= 0.3 is 0 Å². The maximum atomic E-state index is 12.9. The first-order chi connectivity index (χ1) is 12.1. The predicted octanol–water partition coefficient (Wildman–Crippen LogP) is 1.78. The second-order valence-corrected chi connectivity index (χ2v) is 6.83. The number of rotatable bonds is 6. The van der Waals surface area contributed by atoms with E-state index in [2.05, 4.69) is 58.8 Å². The van der Waals surface area contributed by atoms with Crippen LogP contribution in [-0.4, -0.2) is 53.1 Å². The van der Waals surface area contributed by atoms with Crippen molar-refractivity contribution in [1.29, 1.82) is 0 Å². The van der Waals surface area contributed by atoms with E-state index in [4.69, 9.17) is 0 Å². The number of aromatic nitrogens is 2. The van der Waals surface area contributed by atoms with Gasteiger partial charge in [-0.15, -0.1) is 0 Å². The summed E-state index contributed by atoms with van der Waals surface area (Å²) in [5.74, 6) is 0.000989. The van der Waals surface area contributed by atoms with Crippen molar-refractivity contribution in [3.05, 3.63) is 52.3 Å². The molecule has 1 aromatic heterocycles. The van der Waals surface area contributed by atoms with Gasteiger partial charge in [0.25, 0.3) is 5.91 Å². The summed E-state index contributed by atoms with van der Waals surface area (Å²) in [6.45, 7) is 5.84. The Labute approximate surface area is 149 Å². The lowest BCUT2D eigenvalue weighted by Gasteiger charge is -2.21. The van der Waals surface area contributed by atoms with Crippen LogP contribution >= 0.6 is 0 Å². The summed E-state index contributed by atoms with van der Waals surface area (Å²) >= 11 is 0. The summed E-state index contributed by atoms with van der Waals surface area (Å²) in [5.41, 5.74) is 5.09. The highest BCUT2D eigenvalue weighted by Gasteiger charge is 2.24. The first kappa shape index (κ1) is 17.6. The van der Waals surface area contributed by atoms with E-state index in [0.29, 0.717) is 25.3 Å². The molecule has 3 rings (SSSR count). The van der Waals surface area contributed by atoms with E-state index in [9.17, 15) is 4.79 Å². The highest BCUT2D eigenvalue weighted by Crippen LogP contribution is 2.18. The molecule has 0 saturated carbocycles. The monoisotopic (exact) mass is 341 g/mol. The minimum absolute atomic E-state index is 0.000989. The van der Waals surface area contributed by atoms with E-state index >= 15 is 0 Å². The molecule has 1 aliphatic heterocycles. The molecule has 2 heterocycles. The van der Waals surface area contributed by atoms with Gasteiger partial charge in [0.1, 0.15) is 0 Å². The summed E-state index contributed by atoms with van der Waals surface area (Å²) < 4.78 is 0. The van der Waals surface area contributed by atoms with Gasteiger partial charge in [0.05, 0.1) is 0 Å². The van der Waals surface area contributed by atoms with Gasteiger partial charge in [0, 0.05) is 50.4 Å². The van der Waals surface area contributed by atoms with Crippen LogP contribution in [0.2, 0.25) is 0 Å². The van der Waals surface area contributed by atoms with Crippen LogP contribution in [0.4, 0.5) is 0 Å². The van der Waals surface area contributed by atoms with E-state index < -0.39 is 0 Å². The lowest BCUT2D eigenvalue weighted by molar-refractivity contribution is 0.0745. The molecule has 6 heteroatoms. The Hall–Kier alpha value is -2.18. The van der Waals surface area contributed by atoms with Crippen molar-refractivity contribution in [3.63, 3.8) is 0 Å². The fraction of sp³-hybridized carbons (Fsp3) is 0.474. The van der Waals surface area contributed by atoms with Gasteiger partial charge in [0.15, 0.2) is 5.69 Å². The van der Waals surface area contributed by atoms with E-state index in [-0.39, 0.29) is 5.91 Å².